The van der Waals surface area contributed by atoms with Crippen molar-refractivity contribution in [3.63, 3.8) is 0 Å². The number of ketones is 1. The summed E-state index contributed by atoms with van der Waals surface area (Å²) in [7, 11) is -2.30. The van der Waals surface area contributed by atoms with Crippen molar-refractivity contribution in [1.82, 2.24) is 9.21 Å². The van der Waals surface area contributed by atoms with E-state index in [4.69, 9.17) is 0 Å². The molecule has 10 nitrogen and oxygen atoms in total. The molecule has 0 radical (unpaired) electrons. The maximum atomic E-state index is 13.6. The smallest absolute Gasteiger partial charge is 0.417 e. The number of rotatable bonds is 10. The number of ether oxygens (including phenoxy) is 1. The first kappa shape index (κ1) is 32.1. The molecule has 1 fully saturated rings. The zero-order chi connectivity index (χ0) is 30.5. The van der Waals surface area contributed by atoms with Gasteiger partial charge in [-0.25, -0.2) is 13.2 Å². The number of likely N-dealkylation sites (N-methyl/N-ethyl adjacent to an activating group) is 1. The Morgan fingerprint density at radius 3 is 2.32 bits per heavy atom. The number of anilines is 1. The van der Waals surface area contributed by atoms with Crippen LogP contribution in [-0.2, 0) is 35.3 Å². The van der Waals surface area contributed by atoms with Crippen molar-refractivity contribution in [3.05, 3.63) is 59.7 Å². The van der Waals surface area contributed by atoms with Gasteiger partial charge in [0.1, 0.15) is 6.04 Å². The molecule has 1 saturated heterocycles. The fraction of sp³-hybridized carbons (Fsp3) is 0.385. The molecule has 1 N–H and O–H groups in total. The number of nitrogens with zero attached hydrogens (tertiary/aromatic N) is 2. The first-order valence-electron chi connectivity index (χ1n) is 12.2. The fourth-order valence-corrected chi connectivity index (χ4v) is 7.26. The predicted octanol–water partition coefficient (Wildman–Crippen LogP) is 3.04. The third kappa shape index (κ3) is 7.86. The van der Waals surface area contributed by atoms with Crippen molar-refractivity contribution in [3.8, 4) is 0 Å². The molecule has 1 heterocycles. The standard InChI is InChI=1S/C26H28F3N3O7S2/c1-16(33)40-20-12-22(32(15-20)41(37,38)23-7-5-4-6-21(23)26(27,28)29)24(35)31(2)14-19(34)13-30-18-10-8-17(9-11-18)25(36)39-3/h4-11,20,22,30H,12-15H2,1-3H3. The molecule has 222 valence electrons. The molecule has 1 aliphatic rings. The summed E-state index contributed by atoms with van der Waals surface area (Å²) in [6, 6.07) is 8.36. The minimum Gasteiger partial charge on any atom is -0.465 e. The van der Waals surface area contributed by atoms with Gasteiger partial charge in [-0.3, -0.25) is 14.4 Å². The SMILES string of the molecule is COC(=O)c1ccc(NCC(=O)CN(C)C(=O)C2CC(SC(C)=O)CN2S(=O)(=O)c2ccccc2C(F)(F)F)cc1. The zero-order valence-electron chi connectivity index (χ0n) is 22.3. The third-order valence-electron chi connectivity index (χ3n) is 6.20. The first-order chi connectivity index (χ1) is 19.1. The maximum absolute atomic E-state index is 13.6. The highest BCUT2D eigenvalue weighted by Gasteiger charge is 2.48. The predicted molar refractivity (Wildman–Crippen MR) is 145 cm³/mol. The molecule has 0 spiro atoms. The molecule has 0 bridgehead atoms. The van der Waals surface area contributed by atoms with Crippen molar-refractivity contribution in [2.45, 2.75) is 35.7 Å². The summed E-state index contributed by atoms with van der Waals surface area (Å²) < 4.78 is 73.2. The van der Waals surface area contributed by atoms with Gasteiger partial charge in [-0.2, -0.15) is 17.5 Å². The number of nitrogens with one attached hydrogen (secondary N) is 1. The molecular weight excluding hydrogens is 587 g/mol. The Kier molecular flexibility index (Phi) is 10.2. The van der Waals surface area contributed by atoms with Gasteiger partial charge in [0.05, 0.1) is 36.2 Å². The summed E-state index contributed by atoms with van der Waals surface area (Å²) in [5, 5.41) is 1.84. The summed E-state index contributed by atoms with van der Waals surface area (Å²) in [6.45, 7) is 0.280. The molecule has 1 amide bonds. The molecule has 0 saturated carbocycles. The van der Waals surface area contributed by atoms with Crippen LogP contribution >= 0.6 is 11.8 Å². The van der Waals surface area contributed by atoms with Crippen LogP contribution in [0.3, 0.4) is 0 Å². The van der Waals surface area contributed by atoms with Crippen LogP contribution in [0, 0.1) is 0 Å². The number of carbonyl (C=O) groups excluding carboxylic acids is 4. The maximum Gasteiger partial charge on any atom is 0.417 e. The van der Waals surface area contributed by atoms with Crippen LogP contribution in [0.25, 0.3) is 0 Å². The van der Waals surface area contributed by atoms with Crippen LogP contribution in [0.15, 0.2) is 53.4 Å². The van der Waals surface area contributed by atoms with Crippen molar-refractivity contribution < 1.29 is 45.5 Å². The largest absolute Gasteiger partial charge is 0.465 e. The van der Waals surface area contributed by atoms with Crippen LogP contribution in [0.4, 0.5) is 18.9 Å². The number of methoxy groups -OCH3 is 1. The molecule has 15 heteroatoms. The van der Waals surface area contributed by atoms with E-state index >= 15 is 0 Å². The third-order valence-corrected chi connectivity index (χ3v) is 9.14. The molecule has 2 atom stereocenters. The van der Waals surface area contributed by atoms with E-state index in [2.05, 4.69) is 10.1 Å². The lowest BCUT2D eigenvalue weighted by Gasteiger charge is -2.28. The molecular formula is C26H28F3N3O7S2. The van der Waals surface area contributed by atoms with E-state index in [0.29, 0.717) is 21.6 Å². The average Bonchev–Trinajstić information content (AvgIpc) is 3.34. The highest BCUT2D eigenvalue weighted by atomic mass is 32.2. The minimum absolute atomic E-state index is 0.125. The Bertz CT molecular complexity index is 1420. The fourth-order valence-electron chi connectivity index (χ4n) is 4.33. The van der Waals surface area contributed by atoms with Gasteiger partial charge in [0, 0.05) is 31.5 Å². The Morgan fingerprint density at radius 1 is 1.10 bits per heavy atom. The highest BCUT2D eigenvalue weighted by molar-refractivity contribution is 8.14. The van der Waals surface area contributed by atoms with E-state index in [1.54, 1.807) is 12.1 Å². The van der Waals surface area contributed by atoms with Crippen molar-refractivity contribution in [1.29, 1.82) is 0 Å². The van der Waals surface area contributed by atoms with Gasteiger partial charge in [0.15, 0.2) is 10.9 Å². The Morgan fingerprint density at radius 2 is 1.73 bits per heavy atom. The molecule has 0 aliphatic carbocycles. The number of Topliss-reactive ketones (excluding diaryl/α,β-unsaturated/α-hetero) is 1. The number of esters is 1. The van der Waals surface area contributed by atoms with Gasteiger partial charge >= 0.3 is 12.1 Å². The Labute approximate surface area is 239 Å². The number of thioether (sulfide) groups is 1. The summed E-state index contributed by atoms with van der Waals surface area (Å²) in [5.74, 6) is -1.76. The number of sulfonamides is 1. The quantitative estimate of drug-likeness (QED) is 0.401. The number of hydrogen-bond acceptors (Lipinski definition) is 9. The van der Waals surface area contributed by atoms with E-state index in [0.717, 1.165) is 34.9 Å². The van der Waals surface area contributed by atoms with Gasteiger partial charge in [-0.05, 0) is 42.8 Å². The normalized spacial score (nSPS) is 17.6. The van der Waals surface area contributed by atoms with E-state index < -0.39 is 62.2 Å². The topological polar surface area (TPSA) is 130 Å². The summed E-state index contributed by atoms with van der Waals surface area (Å²) >= 11 is 0.800. The van der Waals surface area contributed by atoms with Gasteiger partial charge in [-0.15, -0.1) is 0 Å². The van der Waals surface area contributed by atoms with Crippen molar-refractivity contribution >= 4 is 50.2 Å². The Hall–Kier alpha value is -3.43. The van der Waals surface area contributed by atoms with Crippen molar-refractivity contribution in [2.24, 2.45) is 0 Å². The lowest BCUT2D eigenvalue weighted by molar-refractivity contribution is -0.140. The monoisotopic (exact) mass is 615 g/mol. The molecule has 0 aromatic heterocycles. The Balaban J connectivity index is 1.76. The second-order valence-corrected chi connectivity index (χ2v) is 12.5. The van der Waals surface area contributed by atoms with Gasteiger partial charge in [0.25, 0.3) is 0 Å². The van der Waals surface area contributed by atoms with Gasteiger partial charge in [-0.1, -0.05) is 23.9 Å². The lowest BCUT2D eigenvalue weighted by atomic mass is 10.2. The molecule has 2 aromatic carbocycles. The number of carbonyl (C=O) groups is 4. The van der Waals surface area contributed by atoms with E-state index in [9.17, 15) is 40.8 Å². The van der Waals surface area contributed by atoms with Crippen molar-refractivity contribution in [2.75, 3.05) is 39.1 Å². The molecule has 3 rings (SSSR count). The molecule has 41 heavy (non-hydrogen) atoms. The van der Waals surface area contributed by atoms with Gasteiger partial charge < -0.3 is 15.0 Å². The number of halogens is 3. The molecule has 1 aliphatic heterocycles. The van der Waals surface area contributed by atoms with Crippen LogP contribution in [0.1, 0.15) is 29.3 Å². The summed E-state index contributed by atoms with van der Waals surface area (Å²) in [6.07, 6.45) is -5.09. The number of hydrogen-bond donors (Lipinski definition) is 1. The zero-order valence-corrected chi connectivity index (χ0v) is 23.9. The van der Waals surface area contributed by atoms with Crippen LogP contribution in [0.2, 0.25) is 0 Å². The van der Waals surface area contributed by atoms with Crippen LogP contribution in [-0.4, -0.2) is 85.5 Å². The van der Waals surface area contributed by atoms with Crippen LogP contribution < -0.4 is 5.32 Å². The van der Waals surface area contributed by atoms with E-state index in [1.807, 2.05) is 0 Å². The average molecular weight is 616 g/mol. The second-order valence-electron chi connectivity index (χ2n) is 9.21. The number of benzene rings is 2. The van der Waals surface area contributed by atoms with E-state index in [-0.39, 0.29) is 24.6 Å². The second kappa shape index (κ2) is 13.0. The molecule has 2 aromatic rings. The van der Waals surface area contributed by atoms with Gasteiger partial charge in [0.2, 0.25) is 15.9 Å². The summed E-state index contributed by atoms with van der Waals surface area (Å²) in [5.41, 5.74) is -0.548. The highest BCUT2D eigenvalue weighted by Crippen LogP contribution is 2.38. The van der Waals surface area contributed by atoms with Crippen LogP contribution in [0.5, 0.6) is 0 Å². The minimum atomic E-state index is -4.97. The number of amides is 1. The number of alkyl halides is 3. The summed E-state index contributed by atoms with van der Waals surface area (Å²) in [4.78, 5) is 49.2. The lowest BCUT2D eigenvalue weighted by Crippen LogP contribution is -2.48. The first-order valence-corrected chi connectivity index (χ1v) is 14.5. The van der Waals surface area contributed by atoms with E-state index in [1.165, 1.54) is 33.2 Å². The molecule has 2 unspecified atom stereocenters.